The highest BCUT2D eigenvalue weighted by atomic mass is 35.5. The zero-order chi connectivity index (χ0) is 15.7. The van der Waals surface area contributed by atoms with E-state index < -0.39 is 28.2 Å². The highest BCUT2D eigenvalue weighted by Gasteiger charge is 2.41. The first kappa shape index (κ1) is 16.6. The number of sulfonamides is 1. The van der Waals surface area contributed by atoms with Crippen LogP contribution in [0.4, 0.5) is 13.2 Å². The van der Waals surface area contributed by atoms with Gasteiger partial charge in [-0.05, 0) is 49.9 Å². The fourth-order valence-corrected chi connectivity index (χ4v) is 3.87. The second kappa shape index (κ2) is 6.14. The summed E-state index contributed by atoms with van der Waals surface area (Å²) in [4.78, 5) is 0.0600. The molecule has 0 heterocycles. The molecule has 21 heavy (non-hydrogen) atoms. The summed E-state index contributed by atoms with van der Waals surface area (Å²) in [6.45, 7) is 0. The van der Waals surface area contributed by atoms with Gasteiger partial charge in [-0.3, -0.25) is 0 Å². The number of nitrogens with one attached hydrogen (secondary N) is 1. The van der Waals surface area contributed by atoms with Crippen molar-refractivity contribution in [1.82, 2.24) is 4.72 Å². The second-order valence-electron chi connectivity index (χ2n) is 5.17. The van der Waals surface area contributed by atoms with Crippen LogP contribution in [0.1, 0.15) is 25.7 Å². The number of hydrogen-bond donors (Lipinski definition) is 1. The topological polar surface area (TPSA) is 46.2 Å². The van der Waals surface area contributed by atoms with E-state index in [-0.39, 0.29) is 30.6 Å². The molecule has 1 aliphatic rings. The van der Waals surface area contributed by atoms with Gasteiger partial charge in [-0.1, -0.05) is 11.6 Å². The Hall–Kier alpha value is -0.790. The maximum Gasteiger partial charge on any atom is 0.391 e. The molecule has 0 unspecified atom stereocenters. The molecule has 8 heteroatoms. The van der Waals surface area contributed by atoms with E-state index in [9.17, 15) is 21.6 Å². The van der Waals surface area contributed by atoms with Crippen molar-refractivity contribution in [1.29, 1.82) is 0 Å². The van der Waals surface area contributed by atoms with Gasteiger partial charge in [-0.2, -0.15) is 13.2 Å². The smallest absolute Gasteiger partial charge is 0.208 e. The highest BCUT2D eigenvalue weighted by Crippen LogP contribution is 2.37. The van der Waals surface area contributed by atoms with Gasteiger partial charge >= 0.3 is 6.18 Å². The highest BCUT2D eigenvalue weighted by molar-refractivity contribution is 7.89. The molecule has 1 aliphatic carbocycles. The van der Waals surface area contributed by atoms with E-state index in [1.165, 1.54) is 24.3 Å². The van der Waals surface area contributed by atoms with Crippen LogP contribution in [-0.2, 0) is 10.0 Å². The lowest BCUT2D eigenvalue weighted by molar-refractivity contribution is -0.182. The molecule has 0 amide bonds. The second-order valence-corrected chi connectivity index (χ2v) is 7.32. The molecule has 1 N–H and O–H groups in total. The molecule has 1 saturated carbocycles. The molecule has 0 saturated heterocycles. The van der Waals surface area contributed by atoms with Crippen molar-refractivity contribution in [3.8, 4) is 0 Å². The summed E-state index contributed by atoms with van der Waals surface area (Å²) >= 11 is 5.69. The zero-order valence-electron chi connectivity index (χ0n) is 11.0. The van der Waals surface area contributed by atoms with E-state index in [1.54, 1.807) is 0 Å². The molecule has 1 aromatic carbocycles. The van der Waals surface area contributed by atoms with Gasteiger partial charge in [0.05, 0.1) is 10.8 Å². The fourth-order valence-electron chi connectivity index (χ4n) is 2.44. The lowest BCUT2D eigenvalue weighted by atomic mass is 9.86. The first-order valence-corrected chi connectivity index (χ1v) is 8.39. The third-order valence-electron chi connectivity index (χ3n) is 3.64. The summed E-state index contributed by atoms with van der Waals surface area (Å²) in [7, 11) is -3.72. The molecule has 0 aromatic heterocycles. The average Bonchev–Trinajstić information content (AvgIpc) is 2.38. The summed E-state index contributed by atoms with van der Waals surface area (Å²) in [6.07, 6.45) is -3.90. The zero-order valence-corrected chi connectivity index (χ0v) is 12.6. The van der Waals surface area contributed by atoms with E-state index in [4.69, 9.17) is 11.6 Å². The van der Waals surface area contributed by atoms with E-state index in [0.717, 1.165) is 0 Å². The molecule has 118 valence electrons. The van der Waals surface area contributed by atoms with Gasteiger partial charge in [-0.25, -0.2) is 13.1 Å². The third kappa shape index (κ3) is 4.34. The Labute approximate surface area is 126 Å². The van der Waals surface area contributed by atoms with Crippen molar-refractivity contribution < 1.29 is 21.6 Å². The first-order valence-electron chi connectivity index (χ1n) is 6.53. The Morgan fingerprint density at radius 3 is 2.05 bits per heavy atom. The van der Waals surface area contributed by atoms with Crippen LogP contribution in [0.25, 0.3) is 0 Å². The van der Waals surface area contributed by atoms with E-state index >= 15 is 0 Å². The van der Waals surface area contributed by atoms with Gasteiger partial charge in [0.15, 0.2) is 0 Å². The minimum absolute atomic E-state index is 0.0443. The fraction of sp³-hybridized carbons (Fsp3) is 0.538. The van der Waals surface area contributed by atoms with Crippen LogP contribution in [0, 0.1) is 5.92 Å². The SMILES string of the molecule is O=S(=O)(NC1CCC(C(F)(F)F)CC1)c1ccc(Cl)cc1. The summed E-state index contributed by atoms with van der Waals surface area (Å²) in [6, 6.07) is 5.19. The van der Waals surface area contributed by atoms with Crippen LogP contribution in [0.3, 0.4) is 0 Å². The number of rotatable bonds is 3. The molecule has 0 atom stereocenters. The quantitative estimate of drug-likeness (QED) is 0.910. The van der Waals surface area contributed by atoms with Crippen molar-refractivity contribution in [2.75, 3.05) is 0 Å². The lowest BCUT2D eigenvalue weighted by Gasteiger charge is -2.30. The number of halogens is 4. The number of hydrogen-bond acceptors (Lipinski definition) is 2. The van der Waals surface area contributed by atoms with Gasteiger partial charge in [0.1, 0.15) is 0 Å². The molecule has 2 rings (SSSR count). The van der Waals surface area contributed by atoms with Crippen molar-refractivity contribution in [3.63, 3.8) is 0 Å². The summed E-state index contributed by atoms with van der Waals surface area (Å²) < 4.78 is 64.4. The number of alkyl halides is 3. The summed E-state index contributed by atoms with van der Waals surface area (Å²) in [5.41, 5.74) is 0. The van der Waals surface area contributed by atoms with Gasteiger partial charge in [-0.15, -0.1) is 0 Å². The first-order chi connectivity index (χ1) is 9.68. The number of benzene rings is 1. The third-order valence-corrected chi connectivity index (χ3v) is 5.42. The van der Waals surface area contributed by atoms with Crippen LogP contribution in [0.2, 0.25) is 5.02 Å². The van der Waals surface area contributed by atoms with Crippen molar-refractivity contribution in [2.24, 2.45) is 5.92 Å². The molecule has 0 spiro atoms. The Kier molecular flexibility index (Phi) is 4.85. The van der Waals surface area contributed by atoms with Gasteiger partial charge in [0, 0.05) is 11.1 Å². The lowest BCUT2D eigenvalue weighted by Crippen LogP contribution is -2.39. The largest absolute Gasteiger partial charge is 0.391 e. The molecule has 0 bridgehead atoms. The maximum absolute atomic E-state index is 12.6. The van der Waals surface area contributed by atoms with Gasteiger partial charge < -0.3 is 0 Å². The van der Waals surface area contributed by atoms with E-state index in [0.29, 0.717) is 5.02 Å². The van der Waals surface area contributed by atoms with Crippen molar-refractivity contribution in [2.45, 2.75) is 42.8 Å². The van der Waals surface area contributed by atoms with Crippen LogP contribution >= 0.6 is 11.6 Å². The standard InChI is InChI=1S/C13H15ClF3NO2S/c14-10-3-7-12(8-4-10)21(19,20)18-11-5-1-9(2-6-11)13(15,16)17/h3-4,7-9,11,18H,1-2,5-6H2. The molecule has 0 aliphatic heterocycles. The Morgan fingerprint density at radius 2 is 1.57 bits per heavy atom. The van der Waals surface area contributed by atoms with Crippen LogP contribution in [-0.4, -0.2) is 20.6 Å². The Morgan fingerprint density at radius 1 is 1.05 bits per heavy atom. The molecule has 1 fully saturated rings. The summed E-state index contributed by atoms with van der Waals surface area (Å²) in [5, 5.41) is 0.416. The van der Waals surface area contributed by atoms with Crippen LogP contribution < -0.4 is 4.72 Å². The summed E-state index contributed by atoms with van der Waals surface area (Å²) in [5.74, 6) is -1.33. The van der Waals surface area contributed by atoms with Crippen LogP contribution in [0.15, 0.2) is 29.2 Å². The predicted molar refractivity (Wildman–Crippen MR) is 73.6 cm³/mol. The molecule has 3 nitrogen and oxygen atoms in total. The predicted octanol–water partition coefficient (Wildman–Crippen LogP) is 3.74. The normalized spacial score (nSPS) is 24.0. The average molecular weight is 342 g/mol. The molecule has 1 aromatic rings. The Balaban J connectivity index is 1.98. The van der Waals surface area contributed by atoms with Crippen molar-refractivity contribution in [3.05, 3.63) is 29.3 Å². The van der Waals surface area contributed by atoms with Gasteiger partial charge in [0.2, 0.25) is 10.0 Å². The monoisotopic (exact) mass is 341 g/mol. The van der Waals surface area contributed by atoms with Gasteiger partial charge in [0.25, 0.3) is 0 Å². The van der Waals surface area contributed by atoms with Crippen molar-refractivity contribution >= 4 is 21.6 Å². The maximum atomic E-state index is 12.6. The molecular formula is C13H15ClF3NO2S. The van der Waals surface area contributed by atoms with Crippen LogP contribution in [0.5, 0.6) is 0 Å². The van der Waals surface area contributed by atoms with E-state index in [2.05, 4.69) is 4.72 Å². The minimum Gasteiger partial charge on any atom is -0.208 e. The molecule has 0 radical (unpaired) electrons. The van der Waals surface area contributed by atoms with E-state index in [1.807, 2.05) is 0 Å². The Bertz CT molecular complexity index is 578. The molecular weight excluding hydrogens is 327 g/mol. The minimum atomic E-state index is -4.19.